The lowest BCUT2D eigenvalue weighted by Gasteiger charge is -2.16. The van der Waals surface area contributed by atoms with Gasteiger partial charge in [0.2, 0.25) is 5.88 Å². The van der Waals surface area contributed by atoms with E-state index >= 15 is 0 Å². The molecule has 0 aliphatic carbocycles. The van der Waals surface area contributed by atoms with Gasteiger partial charge in [0, 0.05) is 27.2 Å². The van der Waals surface area contributed by atoms with Crippen molar-refractivity contribution >= 4 is 23.2 Å². The average Bonchev–Trinajstić information content (AvgIpc) is 2.67. The minimum Gasteiger partial charge on any atom is -0.475 e. The topological polar surface area (TPSA) is 61.0 Å². The summed E-state index contributed by atoms with van der Waals surface area (Å²) in [6, 6.07) is 15.0. The van der Waals surface area contributed by atoms with Crippen molar-refractivity contribution in [3.63, 3.8) is 0 Å². The lowest BCUT2D eigenvalue weighted by Crippen LogP contribution is -2.29. The third-order valence-corrected chi connectivity index (χ3v) is 4.71. The van der Waals surface area contributed by atoms with Gasteiger partial charge in [0.15, 0.2) is 0 Å². The van der Waals surface area contributed by atoms with E-state index in [-0.39, 0.29) is 6.04 Å². The van der Waals surface area contributed by atoms with Gasteiger partial charge in [0.25, 0.3) is 0 Å². The van der Waals surface area contributed by atoms with E-state index < -0.39 is 0 Å². The molecule has 0 saturated heterocycles. The molecule has 1 atom stereocenters. The van der Waals surface area contributed by atoms with E-state index in [2.05, 4.69) is 18.8 Å². The van der Waals surface area contributed by atoms with Crippen molar-refractivity contribution in [1.82, 2.24) is 9.97 Å². The largest absolute Gasteiger partial charge is 0.475 e. The van der Waals surface area contributed by atoms with Gasteiger partial charge in [-0.1, -0.05) is 61.3 Å². The maximum atomic E-state index is 6.12. The molecule has 6 heteroatoms. The van der Waals surface area contributed by atoms with Gasteiger partial charge in [-0.25, -0.2) is 9.97 Å². The summed E-state index contributed by atoms with van der Waals surface area (Å²) < 4.78 is 5.82. The first-order valence-corrected chi connectivity index (χ1v) is 9.95. The number of rotatable bonds is 7. The number of hydrogen-bond acceptors (Lipinski definition) is 4. The second-order valence-electron chi connectivity index (χ2n) is 7.12. The molecule has 2 N–H and O–H groups in total. The Hall–Kier alpha value is -2.14. The van der Waals surface area contributed by atoms with Crippen LogP contribution in [0.4, 0.5) is 0 Å². The number of halogens is 2. The Kier molecular flexibility index (Phi) is 6.89. The molecule has 3 aromatic rings. The zero-order chi connectivity index (χ0) is 20.1. The number of nitrogens with two attached hydrogens (primary N) is 1. The van der Waals surface area contributed by atoms with Crippen LogP contribution in [0.25, 0.3) is 22.5 Å². The molecular formula is C22H23Cl2N3O. The number of ether oxygens (including phenoxy) is 1. The number of benzene rings is 2. The molecule has 0 bridgehead atoms. The maximum Gasteiger partial charge on any atom is 0.232 e. The van der Waals surface area contributed by atoms with E-state index in [1.807, 2.05) is 48.5 Å². The van der Waals surface area contributed by atoms with Crippen molar-refractivity contribution in [2.75, 3.05) is 6.61 Å². The van der Waals surface area contributed by atoms with Crippen LogP contribution in [0.1, 0.15) is 20.3 Å². The van der Waals surface area contributed by atoms with E-state index in [1.54, 1.807) is 6.20 Å². The van der Waals surface area contributed by atoms with Gasteiger partial charge < -0.3 is 10.5 Å². The highest BCUT2D eigenvalue weighted by atomic mass is 35.5. The predicted octanol–water partition coefficient (Wildman–Crippen LogP) is 5.87. The number of hydrogen-bond donors (Lipinski definition) is 1. The van der Waals surface area contributed by atoms with Crippen LogP contribution in [0, 0.1) is 5.92 Å². The predicted molar refractivity (Wildman–Crippen MR) is 116 cm³/mol. The molecule has 0 aliphatic rings. The standard InChI is InChI=1S/C22H23Cl2N3O/c1-14(2)11-19(25)13-28-20-12-26-21(15-3-7-17(23)8-4-15)22(27-20)16-5-9-18(24)10-6-16/h3-10,12,14,19H,11,13,25H2,1-2H3/t19-/m0/s1. The Balaban J connectivity index is 1.94. The fourth-order valence-corrected chi connectivity index (χ4v) is 3.19. The van der Waals surface area contributed by atoms with Crippen molar-refractivity contribution in [2.45, 2.75) is 26.3 Å². The van der Waals surface area contributed by atoms with Crippen molar-refractivity contribution in [2.24, 2.45) is 11.7 Å². The summed E-state index contributed by atoms with van der Waals surface area (Å²) in [5.41, 5.74) is 9.41. The van der Waals surface area contributed by atoms with Crippen LogP contribution in [-0.2, 0) is 0 Å². The minimum atomic E-state index is -0.0447. The summed E-state index contributed by atoms with van der Waals surface area (Å²) in [6.07, 6.45) is 2.52. The fourth-order valence-electron chi connectivity index (χ4n) is 2.94. The van der Waals surface area contributed by atoms with E-state index in [0.717, 1.165) is 23.2 Å². The van der Waals surface area contributed by atoms with Crippen molar-refractivity contribution in [1.29, 1.82) is 0 Å². The van der Waals surface area contributed by atoms with E-state index in [1.165, 1.54) is 0 Å². The Morgan fingerprint density at radius 2 is 1.43 bits per heavy atom. The van der Waals surface area contributed by atoms with Gasteiger partial charge in [-0.15, -0.1) is 0 Å². The molecule has 0 spiro atoms. The molecule has 0 amide bonds. The fraction of sp³-hybridized carbons (Fsp3) is 0.273. The second-order valence-corrected chi connectivity index (χ2v) is 7.99. The van der Waals surface area contributed by atoms with Gasteiger partial charge in [-0.3, -0.25) is 0 Å². The second kappa shape index (κ2) is 9.37. The first-order valence-electron chi connectivity index (χ1n) is 9.19. The lowest BCUT2D eigenvalue weighted by atomic mass is 10.0. The average molecular weight is 416 g/mol. The molecule has 1 heterocycles. The highest BCUT2D eigenvalue weighted by molar-refractivity contribution is 6.31. The number of nitrogens with zero attached hydrogens (tertiary/aromatic N) is 2. The zero-order valence-electron chi connectivity index (χ0n) is 15.9. The summed E-state index contributed by atoms with van der Waals surface area (Å²) >= 11 is 12.1. The third-order valence-electron chi connectivity index (χ3n) is 4.21. The highest BCUT2D eigenvalue weighted by Crippen LogP contribution is 2.31. The van der Waals surface area contributed by atoms with Crippen LogP contribution in [0.2, 0.25) is 10.0 Å². The van der Waals surface area contributed by atoms with Crippen molar-refractivity contribution in [3.05, 3.63) is 64.8 Å². The molecule has 1 aromatic heterocycles. The maximum absolute atomic E-state index is 6.12. The first kappa shape index (κ1) is 20.6. The van der Waals surface area contributed by atoms with Gasteiger partial charge in [-0.05, 0) is 36.6 Å². The molecule has 4 nitrogen and oxygen atoms in total. The van der Waals surface area contributed by atoms with Crippen LogP contribution < -0.4 is 10.5 Å². The van der Waals surface area contributed by atoms with Gasteiger partial charge in [-0.2, -0.15) is 0 Å². The van der Waals surface area contributed by atoms with Gasteiger partial charge >= 0.3 is 0 Å². The molecular weight excluding hydrogens is 393 g/mol. The molecule has 3 rings (SSSR count). The zero-order valence-corrected chi connectivity index (χ0v) is 17.4. The Labute approximate surface area is 175 Å². The van der Waals surface area contributed by atoms with Crippen LogP contribution in [0.3, 0.4) is 0 Å². The molecule has 0 aliphatic heterocycles. The highest BCUT2D eigenvalue weighted by Gasteiger charge is 2.14. The molecule has 0 fully saturated rings. The SMILES string of the molecule is CC(C)C[C@H](N)COc1cnc(-c2ccc(Cl)cc2)c(-c2ccc(Cl)cc2)n1. The smallest absolute Gasteiger partial charge is 0.232 e. The summed E-state index contributed by atoms with van der Waals surface area (Å²) in [5.74, 6) is 0.962. The number of aromatic nitrogens is 2. The third kappa shape index (κ3) is 5.44. The Bertz CT molecular complexity index is 912. The van der Waals surface area contributed by atoms with Gasteiger partial charge in [0.1, 0.15) is 12.3 Å². The Morgan fingerprint density at radius 3 is 1.96 bits per heavy atom. The molecule has 146 valence electrons. The first-order chi connectivity index (χ1) is 13.4. The summed E-state index contributed by atoms with van der Waals surface area (Å²) in [6.45, 7) is 4.67. The summed E-state index contributed by atoms with van der Waals surface area (Å²) in [4.78, 5) is 9.32. The van der Waals surface area contributed by atoms with E-state index in [9.17, 15) is 0 Å². The van der Waals surface area contributed by atoms with Crippen molar-refractivity contribution in [3.8, 4) is 28.4 Å². The normalized spacial score (nSPS) is 12.2. The Morgan fingerprint density at radius 1 is 0.893 bits per heavy atom. The van der Waals surface area contributed by atoms with E-state index in [0.29, 0.717) is 34.1 Å². The van der Waals surface area contributed by atoms with Crippen LogP contribution in [0.5, 0.6) is 5.88 Å². The van der Waals surface area contributed by atoms with E-state index in [4.69, 9.17) is 38.7 Å². The minimum absolute atomic E-state index is 0.0447. The monoisotopic (exact) mass is 415 g/mol. The molecule has 28 heavy (non-hydrogen) atoms. The molecule has 2 aromatic carbocycles. The van der Waals surface area contributed by atoms with Crippen LogP contribution in [0.15, 0.2) is 54.7 Å². The molecule has 0 unspecified atom stereocenters. The van der Waals surface area contributed by atoms with Crippen LogP contribution >= 0.6 is 23.2 Å². The molecule has 0 radical (unpaired) electrons. The summed E-state index contributed by atoms with van der Waals surface area (Å²) in [5, 5.41) is 1.33. The lowest BCUT2D eigenvalue weighted by molar-refractivity contribution is 0.261. The quantitative estimate of drug-likeness (QED) is 0.523. The van der Waals surface area contributed by atoms with Crippen LogP contribution in [-0.4, -0.2) is 22.6 Å². The molecule has 0 saturated carbocycles. The summed E-state index contributed by atoms with van der Waals surface area (Å²) in [7, 11) is 0. The van der Waals surface area contributed by atoms with Gasteiger partial charge in [0.05, 0.1) is 11.9 Å². The van der Waals surface area contributed by atoms with Crippen molar-refractivity contribution < 1.29 is 4.74 Å².